The van der Waals surface area contributed by atoms with Gasteiger partial charge in [-0.15, -0.1) is 0 Å². The predicted octanol–water partition coefficient (Wildman–Crippen LogP) is 2.00. The van der Waals surface area contributed by atoms with E-state index in [1.54, 1.807) is 26.0 Å². The molecule has 6 heteroatoms. The molecule has 1 aromatic carbocycles. The van der Waals surface area contributed by atoms with Crippen LogP contribution >= 0.6 is 0 Å². The van der Waals surface area contributed by atoms with Gasteiger partial charge in [-0.3, -0.25) is 5.41 Å². The van der Waals surface area contributed by atoms with Crippen molar-refractivity contribution in [3.05, 3.63) is 30.1 Å². The molecule has 0 aliphatic rings. The maximum atomic E-state index is 13.4. The average molecular weight is 252 g/mol. The number of amidine groups is 1. The second kappa shape index (κ2) is 6.00. The summed E-state index contributed by atoms with van der Waals surface area (Å²) in [7, 11) is 0. The van der Waals surface area contributed by atoms with Gasteiger partial charge in [0.2, 0.25) is 0 Å². The van der Waals surface area contributed by atoms with Crippen LogP contribution in [0.15, 0.2) is 24.3 Å². The van der Waals surface area contributed by atoms with Gasteiger partial charge in [-0.25, -0.2) is 9.18 Å². The molecule has 0 aliphatic carbocycles. The summed E-state index contributed by atoms with van der Waals surface area (Å²) >= 11 is 0. The lowest BCUT2D eigenvalue weighted by Gasteiger charge is -2.26. The van der Waals surface area contributed by atoms with Crippen molar-refractivity contribution in [1.82, 2.24) is 4.90 Å². The fraction of sp³-hybridized carbons (Fsp3) is 0.333. The molecule has 0 fully saturated rings. The lowest BCUT2D eigenvalue weighted by Crippen LogP contribution is -2.44. The minimum absolute atomic E-state index is 0.0119. The van der Waals surface area contributed by atoms with Crippen LogP contribution in [-0.4, -0.2) is 29.4 Å². The summed E-state index contributed by atoms with van der Waals surface area (Å²) < 4.78 is 13.4. The number of para-hydroxylation sites is 1. The van der Waals surface area contributed by atoms with Gasteiger partial charge < -0.3 is 16.0 Å². The van der Waals surface area contributed by atoms with Crippen LogP contribution in [0.2, 0.25) is 0 Å². The summed E-state index contributed by atoms with van der Waals surface area (Å²) in [6.45, 7) is 3.60. The van der Waals surface area contributed by atoms with Crippen molar-refractivity contribution in [2.24, 2.45) is 5.73 Å². The highest BCUT2D eigenvalue weighted by Gasteiger charge is 2.18. The molecule has 1 rings (SSSR count). The third kappa shape index (κ3) is 3.73. The van der Waals surface area contributed by atoms with E-state index < -0.39 is 11.8 Å². The molecule has 5 nitrogen and oxygen atoms in total. The van der Waals surface area contributed by atoms with Crippen molar-refractivity contribution < 1.29 is 9.18 Å². The number of carbonyl (C=O) groups excluding carboxylic acids is 1. The lowest BCUT2D eigenvalue weighted by atomic mass is 10.3. The van der Waals surface area contributed by atoms with Crippen LogP contribution in [0.4, 0.5) is 14.9 Å². The Bertz CT molecular complexity index is 447. The van der Waals surface area contributed by atoms with E-state index in [1.165, 1.54) is 17.0 Å². The number of halogens is 1. The van der Waals surface area contributed by atoms with Gasteiger partial charge >= 0.3 is 6.03 Å². The van der Waals surface area contributed by atoms with Crippen molar-refractivity contribution in [3.63, 3.8) is 0 Å². The van der Waals surface area contributed by atoms with E-state index in [4.69, 9.17) is 11.1 Å². The zero-order valence-electron chi connectivity index (χ0n) is 10.4. The third-order valence-corrected chi connectivity index (χ3v) is 2.34. The maximum absolute atomic E-state index is 13.4. The normalized spacial score (nSPS) is 10.2. The molecule has 0 atom stereocenters. The van der Waals surface area contributed by atoms with Crippen LogP contribution in [0, 0.1) is 11.2 Å². The Labute approximate surface area is 105 Å². The Kier molecular flexibility index (Phi) is 4.65. The third-order valence-electron chi connectivity index (χ3n) is 2.34. The van der Waals surface area contributed by atoms with Crippen LogP contribution in [0.3, 0.4) is 0 Å². The minimum Gasteiger partial charge on any atom is -0.386 e. The van der Waals surface area contributed by atoms with Gasteiger partial charge in [0.25, 0.3) is 0 Å². The number of hydrogen-bond donors (Lipinski definition) is 3. The van der Waals surface area contributed by atoms with Crippen LogP contribution in [0.1, 0.15) is 13.8 Å². The van der Waals surface area contributed by atoms with Crippen LogP contribution < -0.4 is 11.1 Å². The van der Waals surface area contributed by atoms with Crippen molar-refractivity contribution in [2.45, 2.75) is 19.9 Å². The summed E-state index contributed by atoms with van der Waals surface area (Å²) in [6, 6.07) is 5.29. The first kappa shape index (κ1) is 14.0. The molecule has 1 aromatic rings. The van der Waals surface area contributed by atoms with Crippen LogP contribution in [0.25, 0.3) is 0 Å². The first-order valence-corrected chi connectivity index (χ1v) is 5.57. The molecule has 0 saturated heterocycles. The molecule has 0 unspecified atom stereocenters. The number of urea groups is 1. The molecular weight excluding hydrogens is 235 g/mol. The molecule has 0 heterocycles. The van der Waals surface area contributed by atoms with E-state index in [2.05, 4.69) is 5.32 Å². The number of anilines is 1. The Morgan fingerprint density at radius 3 is 2.61 bits per heavy atom. The number of amides is 2. The molecule has 2 amide bonds. The maximum Gasteiger partial charge on any atom is 0.322 e. The number of benzene rings is 1. The number of carbonyl (C=O) groups is 1. The highest BCUT2D eigenvalue weighted by molar-refractivity contribution is 5.92. The number of hydrogen-bond acceptors (Lipinski definition) is 2. The van der Waals surface area contributed by atoms with Gasteiger partial charge in [0.05, 0.1) is 12.2 Å². The Balaban J connectivity index is 2.79. The zero-order valence-corrected chi connectivity index (χ0v) is 10.4. The number of nitrogens with one attached hydrogen (secondary N) is 2. The minimum atomic E-state index is -0.502. The van der Waals surface area contributed by atoms with E-state index in [-0.39, 0.29) is 24.1 Å². The van der Waals surface area contributed by atoms with E-state index in [1.807, 2.05) is 0 Å². The highest BCUT2D eigenvalue weighted by atomic mass is 19.1. The molecule has 0 aliphatic heterocycles. The molecule has 0 aromatic heterocycles. The standard InChI is InChI=1S/C12H17FN4O/c1-8(2)17(7-11(14)15)12(18)16-10-6-4-3-5-9(10)13/h3-6,8H,7H2,1-2H3,(H3,14,15)(H,16,18). The predicted molar refractivity (Wildman–Crippen MR) is 69.2 cm³/mol. The number of nitrogens with zero attached hydrogens (tertiary/aromatic N) is 1. The van der Waals surface area contributed by atoms with Crippen LogP contribution in [-0.2, 0) is 0 Å². The second-order valence-corrected chi connectivity index (χ2v) is 4.16. The fourth-order valence-electron chi connectivity index (χ4n) is 1.42. The monoisotopic (exact) mass is 252 g/mol. The van der Waals surface area contributed by atoms with Gasteiger partial charge in [-0.05, 0) is 26.0 Å². The lowest BCUT2D eigenvalue weighted by molar-refractivity contribution is 0.206. The zero-order chi connectivity index (χ0) is 13.7. The summed E-state index contributed by atoms with van der Waals surface area (Å²) in [5.41, 5.74) is 5.39. The van der Waals surface area contributed by atoms with Crippen molar-refractivity contribution in [2.75, 3.05) is 11.9 Å². The highest BCUT2D eigenvalue weighted by Crippen LogP contribution is 2.13. The Hall–Kier alpha value is -2.11. The van der Waals surface area contributed by atoms with Gasteiger partial charge in [0, 0.05) is 6.04 Å². The summed E-state index contributed by atoms with van der Waals surface area (Å²) in [4.78, 5) is 13.3. The van der Waals surface area contributed by atoms with Gasteiger partial charge in [-0.1, -0.05) is 12.1 Å². The van der Waals surface area contributed by atoms with Gasteiger partial charge in [-0.2, -0.15) is 0 Å². The summed E-state index contributed by atoms with van der Waals surface area (Å²) in [5.74, 6) is -0.621. The van der Waals surface area contributed by atoms with Gasteiger partial charge in [0.1, 0.15) is 11.7 Å². The smallest absolute Gasteiger partial charge is 0.322 e. The SMILES string of the molecule is CC(C)N(CC(=N)N)C(=O)Nc1ccccc1F. The fourth-order valence-corrected chi connectivity index (χ4v) is 1.42. The van der Waals surface area contributed by atoms with Gasteiger partial charge in [0.15, 0.2) is 0 Å². The topological polar surface area (TPSA) is 82.2 Å². The van der Waals surface area contributed by atoms with Crippen molar-refractivity contribution in [3.8, 4) is 0 Å². The molecule has 0 saturated carbocycles. The first-order valence-electron chi connectivity index (χ1n) is 5.57. The molecular formula is C12H17FN4O. The van der Waals surface area contributed by atoms with Crippen molar-refractivity contribution in [1.29, 1.82) is 5.41 Å². The molecule has 0 spiro atoms. The quantitative estimate of drug-likeness (QED) is 0.566. The molecule has 98 valence electrons. The summed E-state index contributed by atoms with van der Waals surface area (Å²) in [6.07, 6.45) is 0. The number of rotatable bonds is 4. The molecule has 4 N–H and O–H groups in total. The average Bonchev–Trinajstić information content (AvgIpc) is 2.28. The second-order valence-electron chi connectivity index (χ2n) is 4.16. The first-order chi connectivity index (χ1) is 8.41. The Morgan fingerprint density at radius 1 is 1.50 bits per heavy atom. The summed E-state index contributed by atoms with van der Waals surface area (Å²) in [5, 5.41) is 9.67. The molecule has 0 radical (unpaired) electrons. The van der Waals surface area contributed by atoms with E-state index in [0.29, 0.717) is 0 Å². The largest absolute Gasteiger partial charge is 0.386 e. The molecule has 18 heavy (non-hydrogen) atoms. The Morgan fingerprint density at radius 2 is 2.11 bits per heavy atom. The molecule has 0 bridgehead atoms. The van der Waals surface area contributed by atoms with E-state index in [0.717, 1.165) is 0 Å². The number of nitrogens with two attached hydrogens (primary N) is 1. The van der Waals surface area contributed by atoms with E-state index >= 15 is 0 Å². The van der Waals surface area contributed by atoms with Crippen molar-refractivity contribution >= 4 is 17.6 Å². The van der Waals surface area contributed by atoms with E-state index in [9.17, 15) is 9.18 Å². The van der Waals surface area contributed by atoms with Crippen LogP contribution in [0.5, 0.6) is 0 Å².